The van der Waals surface area contributed by atoms with Crippen molar-refractivity contribution in [2.24, 2.45) is 0 Å². The van der Waals surface area contributed by atoms with E-state index >= 15 is 0 Å². The van der Waals surface area contributed by atoms with Crippen molar-refractivity contribution in [3.63, 3.8) is 0 Å². The molecule has 4 nitrogen and oxygen atoms in total. The van der Waals surface area contributed by atoms with Gasteiger partial charge in [-0.05, 0) is 73.9 Å². The number of nitriles is 1. The van der Waals surface area contributed by atoms with Crippen LogP contribution in [0.4, 0.5) is 0 Å². The third-order valence-corrected chi connectivity index (χ3v) is 7.16. The van der Waals surface area contributed by atoms with E-state index in [1.54, 1.807) is 0 Å². The highest BCUT2D eigenvalue weighted by molar-refractivity contribution is 5.67. The van der Waals surface area contributed by atoms with Crippen LogP contribution in [0.2, 0.25) is 0 Å². The van der Waals surface area contributed by atoms with Gasteiger partial charge >= 0.3 is 0 Å². The van der Waals surface area contributed by atoms with E-state index in [0.29, 0.717) is 5.56 Å². The van der Waals surface area contributed by atoms with Crippen molar-refractivity contribution >= 4 is 0 Å². The molecule has 150 valence electrons. The van der Waals surface area contributed by atoms with Crippen LogP contribution < -0.4 is 4.74 Å². The highest BCUT2D eigenvalue weighted by Gasteiger charge is 2.43. The van der Waals surface area contributed by atoms with Gasteiger partial charge in [-0.1, -0.05) is 18.2 Å². The van der Waals surface area contributed by atoms with E-state index in [9.17, 15) is 0 Å². The van der Waals surface area contributed by atoms with Gasteiger partial charge in [-0.25, -0.2) is 0 Å². The Bertz CT molecular complexity index is 914. The molecule has 2 fully saturated rings. The summed E-state index contributed by atoms with van der Waals surface area (Å²) in [4.78, 5) is 5.16. The second-order valence-electron chi connectivity index (χ2n) is 9.04. The highest BCUT2D eigenvalue weighted by atomic mass is 16.5. The van der Waals surface area contributed by atoms with Crippen molar-refractivity contribution < 1.29 is 4.74 Å². The molecule has 0 unspecified atom stereocenters. The lowest BCUT2D eigenvalue weighted by atomic mass is 9.85. The molecule has 3 aliphatic heterocycles. The van der Waals surface area contributed by atoms with Gasteiger partial charge in [-0.15, -0.1) is 0 Å². The largest absolute Gasteiger partial charge is 0.487 e. The molecule has 0 aliphatic carbocycles. The SMILES string of the molecule is CN1CCC(N2CCC3(CC2)Cc2cc(-c4ccc(C#N)cc4)ccc2O3)CC1. The minimum absolute atomic E-state index is 0.00637. The summed E-state index contributed by atoms with van der Waals surface area (Å²) in [5.41, 5.74) is 4.39. The molecule has 2 saturated heterocycles. The van der Waals surface area contributed by atoms with Crippen LogP contribution in [0.1, 0.15) is 36.8 Å². The Morgan fingerprint density at radius 2 is 1.66 bits per heavy atom. The molecule has 0 amide bonds. The second kappa shape index (κ2) is 7.48. The van der Waals surface area contributed by atoms with E-state index in [0.717, 1.165) is 49.7 Å². The van der Waals surface area contributed by atoms with Gasteiger partial charge in [-0.2, -0.15) is 5.26 Å². The predicted octanol–water partition coefficient (Wildman–Crippen LogP) is 4.09. The topological polar surface area (TPSA) is 39.5 Å². The summed E-state index contributed by atoms with van der Waals surface area (Å²) in [6.07, 6.45) is 5.88. The van der Waals surface area contributed by atoms with Crippen LogP contribution in [-0.4, -0.2) is 54.7 Å². The smallest absolute Gasteiger partial charge is 0.123 e. The predicted molar refractivity (Wildman–Crippen MR) is 115 cm³/mol. The van der Waals surface area contributed by atoms with Crippen LogP contribution in [0.3, 0.4) is 0 Å². The molecular weight excluding hydrogens is 358 g/mol. The maximum Gasteiger partial charge on any atom is 0.123 e. The Labute approximate surface area is 173 Å². The van der Waals surface area contributed by atoms with Gasteiger partial charge in [0.2, 0.25) is 0 Å². The van der Waals surface area contributed by atoms with Gasteiger partial charge in [0.15, 0.2) is 0 Å². The quantitative estimate of drug-likeness (QED) is 0.778. The molecule has 4 heteroatoms. The number of ether oxygens (including phenoxy) is 1. The first-order valence-corrected chi connectivity index (χ1v) is 10.9. The molecule has 3 heterocycles. The van der Waals surface area contributed by atoms with E-state index in [-0.39, 0.29) is 5.60 Å². The monoisotopic (exact) mass is 387 g/mol. The Morgan fingerprint density at radius 3 is 2.34 bits per heavy atom. The average Bonchev–Trinajstić information content (AvgIpc) is 3.12. The normalized spacial score (nSPS) is 22.2. The lowest BCUT2D eigenvalue weighted by molar-refractivity contribution is -0.00401. The third-order valence-electron chi connectivity index (χ3n) is 7.16. The molecule has 0 aromatic heterocycles. The Hall–Kier alpha value is -2.35. The molecule has 1 spiro atoms. The second-order valence-corrected chi connectivity index (χ2v) is 9.04. The Morgan fingerprint density at radius 1 is 0.966 bits per heavy atom. The molecule has 0 N–H and O–H groups in total. The fraction of sp³-hybridized carbons (Fsp3) is 0.480. The molecule has 0 atom stereocenters. The number of hydrogen-bond donors (Lipinski definition) is 0. The van der Waals surface area contributed by atoms with E-state index in [2.05, 4.69) is 41.1 Å². The fourth-order valence-corrected chi connectivity index (χ4v) is 5.29. The van der Waals surface area contributed by atoms with Crippen molar-refractivity contribution in [3.8, 4) is 22.9 Å². The van der Waals surface area contributed by atoms with Crippen LogP contribution in [0.15, 0.2) is 42.5 Å². The van der Waals surface area contributed by atoms with Gasteiger partial charge in [0.05, 0.1) is 11.6 Å². The third kappa shape index (κ3) is 3.66. The molecule has 0 saturated carbocycles. The van der Waals surface area contributed by atoms with Crippen molar-refractivity contribution in [1.82, 2.24) is 9.80 Å². The van der Waals surface area contributed by atoms with Crippen molar-refractivity contribution in [3.05, 3.63) is 53.6 Å². The molecule has 3 aliphatic rings. The van der Waals surface area contributed by atoms with Gasteiger partial charge < -0.3 is 9.64 Å². The number of benzene rings is 2. The standard InChI is InChI=1S/C25H29N3O/c1-27-12-8-23(9-13-27)28-14-10-25(11-15-28)17-22-16-21(6-7-24(22)29-25)20-4-2-19(18-26)3-5-20/h2-7,16,23H,8-15,17H2,1H3. The van der Waals surface area contributed by atoms with Crippen molar-refractivity contribution in [1.29, 1.82) is 5.26 Å². The lowest BCUT2D eigenvalue weighted by Crippen LogP contribution is -2.52. The maximum absolute atomic E-state index is 9.01. The highest BCUT2D eigenvalue weighted by Crippen LogP contribution is 2.43. The summed E-state index contributed by atoms with van der Waals surface area (Å²) in [6.45, 7) is 4.77. The van der Waals surface area contributed by atoms with Gasteiger partial charge in [0.25, 0.3) is 0 Å². The number of hydrogen-bond acceptors (Lipinski definition) is 4. The van der Waals surface area contributed by atoms with Crippen LogP contribution in [0.25, 0.3) is 11.1 Å². The Kier molecular flexibility index (Phi) is 4.81. The first-order chi connectivity index (χ1) is 14.1. The number of nitrogens with zero attached hydrogens (tertiary/aromatic N) is 3. The van der Waals surface area contributed by atoms with Crippen molar-refractivity contribution in [2.45, 2.75) is 43.7 Å². The minimum atomic E-state index is -0.00637. The molecule has 29 heavy (non-hydrogen) atoms. The number of rotatable bonds is 2. The number of fused-ring (bicyclic) bond motifs is 1. The lowest BCUT2D eigenvalue weighted by Gasteiger charge is -2.44. The zero-order chi connectivity index (χ0) is 19.8. The summed E-state index contributed by atoms with van der Waals surface area (Å²) in [7, 11) is 2.23. The van der Waals surface area contributed by atoms with Gasteiger partial charge in [0.1, 0.15) is 11.4 Å². The van der Waals surface area contributed by atoms with E-state index in [4.69, 9.17) is 10.00 Å². The maximum atomic E-state index is 9.01. The van der Waals surface area contributed by atoms with Crippen LogP contribution >= 0.6 is 0 Å². The molecule has 0 bridgehead atoms. The molecule has 2 aromatic rings. The fourth-order valence-electron chi connectivity index (χ4n) is 5.29. The minimum Gasteiger partial charge on any atom is -0.487 e. The van der Waals surface area contributed by atoms with Crippen molar-refractivity contribution in [2.75, 3.05) is 33.2 Å². The summed E-state index contributed by atoms with van der Waals surface area (Å²) < 4.78 is 6.54. The number of likely N-dealkylation sites (tertiary alicyclic amines) is 2. The first-order valence-electron chi connectivity index (χ1n) is 10.9. The van der Waals surface area contributed by atoms with E-state index in [1.165, 1.54) is 37.1 Å². The summed E-state index contributed by atoms with van der Waals surface area (Å²) in [5, 5.41) is 9.01. The van der Waals surface area contributed by atoms with Crippen LogP contribution in [0, 0.1) is 11.3 Å². The van der Waals surface area contributed by atoms with Gasteiger partial charge in [0, 0.05) is 38.4 Å². The zero-order valence-corrected chi connectivity index (χ0v) is 17.2. The molecule has 2 aromatic carbocycles. The molecular formula is C25H29N3O. The summed E-state index contributed by atoms with van der Waals surface area (Å²) in [6, 6.07) is 17.4. The summed E-state index contributed by atoms with van der Waals surface area (Å²) in [5.74, 6) is 1.06. The summed E-state index contributed by atoms with van der Waals surface area (Å²) >= 11 is 0. The molecule has 5 rings (SSSR count). The number of piperidine rings is 2. The van der Waals surface area contributed by atoms with Gasteiger partial charge in [-0.3, -0.25) is 4.90 Å². The molecule has 0 radical (unpaired) electrons. The Balaban J connectivity index is 1.26. The van der Waals surface area contributed by atoms with Crippen LogP contribution in [0.5, 0.6) is 5.75 Å². The van der Waals surface area contributed by atoms with E-state index in [1.807, 2.05) is 24.3 Å². The average molecular weight is 388 g/mol. The zero-order valence-electron chi connectivity index (χ0n) is 17.2. The first kappa shape index (κ1) is 18.7. The van der Waals surface area contributed by atoms with Crippen LogP contribution in [-0.2, 0) is 6.42 Å². The van der Waals surface area contributed by atoms with E-state index < -0.39 is 0 Å².